The number of nitrogens with one attached hydrogen (secondary N) is 1. The third kappa shape index (κ3) is 4.01. The highest BCUT2D eigenvalue weighted by Gasteiger charge is 2.25. The van der Waals surface area contributed by atoms with E-state index in [1.807, 2.05) is 43.9 Å². The second-order valence-corrected chi connectivity index (χ2v) is 11.3. The van der Waals surface area contributed by atoms with Gasteiger partial charge >= 0.3 is 0 Å². The average molecular weight is 462 g/mol. The largest absolute Gasteiger partial charge is 0.338 e. The minimum Gasteiger partial charge on any atom is -0.338 e. The van der Waals surface area contributed by atoms with Crippen LogP contribution in [0.2, 0.25) is 0 Å². The summed E-state index contributed by atoms with van der Waals surface area (Å²) in [6, 6.07) is 7.28. The molecule has 0 spiro atoms. The molecule has 0 bridgehead atoms. The van der Waals surface area contributed by atoms with Crippen LogP contribution in [0.4, 0.5) is 5.69 Å². The van der Waals surface area contributed by atoms with E-state index in [4.69, 9.17) is 0 Å². The molecule has 1 fully saturated rings. The van der Waals surface area contributed by atoms with Gasteiger partial charge in [-0.05, 0) is 50.8 Å². The number of amides is 1. The second-order valence-electron chi connectivity index (χ2n) is 7.46. The number of sulfonamides is 1. The van der Waals surface area contributed by atoms with E-state index in [0.717, 1.165) is 54.0 Å². The molecule has 158 valence electrons. The summed E-state index contributed by atoms with van der Waals surface area (Å²) in [6.07, 6.45) is 2.07. The van der Waals surface area contributed by atoms with Crippen molar-refractivity contribution < 1.29 is 13.2 Å². The van der Waals surface area contributed by atoms with Crippen molar-refractivity contribution in [1.82, 2.24) is 9.88 Å². The van der Waals surface area contributed by atoms with Crippen molar-refractivity contribution in [2.24, 2.45) is 0 Å². The topological polar surface area (TPSA) is 79.4 Å². The summed E-state index contributed by atoms with van der Waals surface area (Å²) in [5.41, 5.74) is 3.76. The highest BCUT2D eigenvalue weighted by atomic mass is 32.2. The number of rotatable bonds is 5. The lowest BCUT2D eigenvalue weighted by molar-refractivity contribution is 0.0796. The van der Waals surface area contributed by atoms with Crippen molar-refractivity contribution in [3.8, 4) is 10.6 Å². The lowest BCUT2D eigenvalue weighted by atomic mass is 10.1. The molecule has 0 atom stereocenters. The molecule has 3 heterocycles. The van der Waals surface area contributed by atoms with E-state index in [9.17, 15) is 13.2 Å². The normalized spacial score (nSPS) is 14.3. The van der Waals surface area contributed by atoms with Gasteiger partial charge in [0, 0.05) is 24.0 Å². The van der Waals surface area contributed by atoms with Gasteiger partial charge in [0.2, 0.25) is 0 Å². The third-order valence-electron chi connectivity index (χ3n) is 5.19. The van der Waals surface area contributed by atoms with Crippen LogP contribution in [0.25, 0.3) is 10.6 Å². The van der Waals surface area contributed by atoms with Gasteiger partial charge in [-0.15, -0.1) is 22.7 Å². The number of thiazole rings is 1. The van der Waals surface area contributed by atoms with Gasteiger partial charge in [-0.2, -0.15) is 0 Å². The summed E-state index contributed by atoms with van der Waals surface area (Å²) < 4.78 is 28.8. The average Bonchev–Trinajstić information content (AvgIpc) is 3.44. The van der Waals surface area contributed by atoms with Crippen molar-refractivity contribution in [2.45, 2.75) is 37.8 Å². The fraction of sp³-hybridized carbons (Fsp3) is 0.333. The molecular weight excluding hydrogens is 438 g/mol. The van der Waals surface area contributed by atoms with E-state index >= 15 is 0 Å². The van der Waals surface area contributed by atoms with Crippen LogP contribution < -0.4 is 4.72 Å². The van der Waals surface area contributed by atoms with Crippen LogP contribution in [0.15, 0.2) is 33.9 Å². The summed E-state index contributed by atoms with van der Waals surface area (Å²) in [5.74, 6) is 0.0218. The number of carbonyl (C=O) groups is 1. The first kappa shape index (κ1) is 21.0. The molecule has 30 heavy (non-hydrogen) atoms. The first-order valence-corrected chi connectivity index (χ1v) is 12.9. The Morgan fingerprint density at radius 3 is 2.47 bits per heavy atom. The van der Waals surface area contributed by atoms with Crippen LogP contribution in [0.1, 0.15) is 39.3 Å². The molecule has 0 saturated carbocycles. The lowest BCUT2D eigenvalue weighted by Crippen LogP contribution is -2.27. The van der Waals surface area contributed by atoms with E-state index in [-0.39, 0.29) is 10.1 Å². The summed E-state index contributed by atoms with van der Waals surface area (Å²) in [6.45, 7) is 7.16. The Hall–Kier alpha value is -2.23. The Morgan fingerprint density at radius 1 is 1.13 bits per heavy atom. The number of aromatic nitrogens is 1. The molecule has 4 rings (SSSR count). The SMILES string of the molecule is Cc1cccc(C)c1NS(=O)(=O)c1cc(-c2nc(C)c(C(=O)N3CCCC3)s2)cs1. The monoisotopic (exact) mass is 461 g/mol. The molecule has 9 heteroatoms. The predicted molar refractivity (Wildman–Crippen MR) is 122 cm³/mol. The number of hydrogen-bond acceptors (Lipinski definition) is 6. The zero-order valence-corrected chi connectivity index (χ0v) is 19.5. The Balaban J connectivity index is 1.60. The number of benzene rings is 1. The van der Waals surface area contributed by atoms with Crippen molar-refractivity contribution in [3.63, 3.8) is 0 Å². The summed E-state index contributed by atoms with van der Waals surface area (Å²) in [7, 11) is -3.71. The molecule has 0 radical (unpaired) electrons. The number of anilines is 1. The van der Waals surface area contributed by atoms with Crippen LogP contribution in [0, 0.1) is 20.8 Å². The molecule has 1 aliphatic rings. The first-order chi connectivity index (χ1) is 14.3. The summed E-state index contributed by atoms with van der Waals surface area (Å²) >= 11 is 2.48. The van der Waals surface area contributed by atoms with E-state index in [1.54, 1.807) is 11.4 Å². The molecular formula is C21H23N3O3S3. The van der Waals surface area contributed by atoms with Gasteiger partial charge in [-0.3, -0.25) is 9.52 Å². The maximum absolute atomic E-state index is 12.9. The van der Waals surface area contributed by atoms with Crippen LogP contribution >= 0.6 is 22.7 Å². The summed E-state index contributed by atoms with van der Waals surface area (Å²) in [4.78, 5) is 19.8. The van der Waals surface area contributed by atoms with Gasteiger partial charge in [0.05, 0.1) is 11.4 Å². The number of para-hydroxylation sites is 1. The van der Waals surface area contributed by atoms with Gasteiger partial charge < -0.3 is 4.90 Å². The molecule has 3 aromatic rings. The maximum Gasteiger partial charge on any atom is 0.271 e. The highest BCUT2D eigenvalue weighted by molar-refractivity contribution is 7.94. The number of nitrogens with zero attached hydrogens (tertiary/aromatic N) is 2. The molecule has 1 N–H and O–H groups in total. The molecule has 2 aromatic heterocycles. The van der Waals surface area contributed by atoms with E-state index in [2.05, 4.69) is 9.71 Å². The zero-order chi connectivity index (χ0) is 21.5. The zero-order valence-electron chi connectivity index (χ0n) is 17.1. The molecule has 0 aliphatic carbocycles. The number of hydrogen-bond donors (Lipinski definition) is 1. The van der Waals surface area contributed by atoms with E-state index < -0.39 is 10.0 Å². The molecule has 6 nitrogen and oxygen atoms in total. The summed E-state index contributed by atoms with van der Waals surface area (Å²) in [5, 5.41) is 2.45. The molecule has 0 unspecified atom stereocenters. The first-order valence-electron chi connectivity index (χ1n) is 9.71. The quantitative estimate of drug-likeness (QED) is 0.590. The Morgan fingerprint density at radius 2 is 1.80 bits per heavy atom. The van der Waals surface area contributed by atoms with Crippen LogP contribution in [0.5, 0.6) is 0 Å². The molecule has 1 saturated heterocycles. The van der Waals surface area contributed by atoms with E-state index in [0.29, 0.717) is 21.3 Å². The van der Waals surface area contributed by atoms with Gasteiger partial charge in [0.15, 0.2) is 0 Å². The van der Waals surface area contributed by atoms with Gasteiger partial charge in [-0.25, -0.2) is 13.4 Å². The Labute approximate surface area is 184 Å². The van der Waals surface area contributed by atoms with Gasteiger partial charge in [0.25, 0.3) is 15.9 Å². The van der Waals surface area contributed by atoms with Crippen LogP contribution in [-0.2, 0) is 10.0 Å². The smallest absolute Gasteiger partial charge is 0.271 e. The van der Waals surface area contributed by atoms with Crippen molar-refractivity contribution in [3.05, 3.63) is 51.3 Å². The lowest BCUT2D eigenvalue weighted by Gasteiger charge is -2.13. The number of likely N-dealkylation sites (tertiary alicyclic amines) is 1. The van der Waals surface area contributed by atoms with E-state index in [1.165, 1.54) is 11.3 Å². The van der Waals surface area contributed by atoms with Gasteiger partial charge in [0.1, 0.15) is 14.1 Å². The Kier molecular flexibility index (Phi) is 5.69. The number of aryl methyl sites for hydroxylation is 3. The van der Waals surface area contributed by atoms with Crippen molar-refractivity contribution >= 4 is 44.3 Å². The minimum absolute atomic E-state index is 0.0218. The van der Waals surface area contributed by atoms with Crippen molar-refractivity contribution in [1.29, 1.82) is 0 Å². The second kappa shape index (κ2) is 8.13. The molecule has 1 aliphatic heterocycles. The third-order valence-corrected chi connectivity index (χ3v) is 9.17. The standard InChI is InChI=1S/C21H23N3O3S3/c1-13-7-6-8-14(2)18(13)23-30(26,27)17-11-16(12-28-17)20-22-15(3)19(29-20)21(25)24-9-4-5-10-24/h6-8,11-12,23H,4-5,9-10H2,1-3H3. The Bertz CT molecular complexity index is 1190. The number of carbonyl (C=O) groups excluding carboxylic acids is 1. The molecule has 1 amide bonds. The van der Waals surface area contributed by atoms with Crippen LogP contribution in [0.3, 0.4) is 0 Å². The maximum atomic E-state index is 12.9. The predicted octanol–water partition coefficient (Wildman–Crippen LogP) is 4.83. The fourth-order valence-electron chi connectivity index (χ4n) is 3.51. The van der Waals surface area contributed by atoms with Crippen molar-refractivity contribution in [2.75, 3.05) is 17.8 Å². The van der Waals surface area contributed by atoms with Gasteiger partial charge in [-0.1, -0.05) is 18.2 Å². The minimum atomic E-state index is -3.71. The fourth-order valence-corrected chi connectivity index (χ4v) is 6.98. The molecule has 1 aromatic carbocycles. The highest BCUT2D eigenvalue weighted by Crippen LogP contribution is 2.35. The van der Waals surface area contributed by atoms with Crippen LogP contribution in [-0.4, -0.2) is 37.3 Å². The number of thiophene rings is 1.